The number of methoxy groups -OCH3 is 2. The summed E-state index contributed by atoms with van der Waals surface area (Å²) in [6, 6.07) is 29.5. The van der Waals surface area contributed by atoms with Gasteiger partial charge in [0.1, 0.15) is 35.4 Å². The minimum Gasteiger partial charge on any atom is -0.497 e. The fraction of sp³-hybridized carbons (Fsp3) is 0.312. The van der Waals surface area contributed by atoms with Gasteiger partial charge in [0, 0.05) is 13.3 Å². The van der Waals surface area contributed by atoms with E-state index in [0.717, 1.165) is 22.4 Å². The topological polar surface area (TPSA) is 113 Å². The third-order valence-electron chi connectivity index (χ3n) is 7.79. The van der Waals surface area contributed by atoms with E-state index >= 15 is 0 Å². The summed E-state index contributed by atoms with van der Waals surface area (Å²) in [5.74, 6) is 1.09. The van der Waals surface area contributed by atoms with E-state index in [-0.39, 0.29) is 0 Å². The van der Waals surface area contributed by atoms with Gasteiger partial charge in [-0.25, -0.2) is 4.79 Å². The molecule has 42 heavy (non-hydrogen) atoms. The van der Waals surface area contributed by atoms with Crippen LogP contribution >= 0.6 is 0 Å². The molecule has 2 N–H and O–H groups in total. The van der Waals surface area contributed by atoms with Crippen LogP contribution in [0.1, 0.15) is 29.8 Å². The van der Waals surface area contributed by atoms with Crippen LogP contribution in [0.4, 0.5) is 5.82 Å². The summed E-state index contributed by atoms with van der Waals surface area (Å²) in [7, 11) is 3.09. The number of hydrogen-bond donors (Lipinski definition) is 2. The van der Waals surface area contributed by atoms with Gasteiger partial charge in [0.05, 0.1) is 13.2 Å². The zero-order valence-corrected chi connectivity index (χ0v) is 23.5. The second-order valence-electron chi connectivity index (χ2n) is 10.3. The lowest BCUT2D eigenvalue weighted by Crippen LogP contribution is -2.40. The van der Waals surface area contributed by atoms with Crippen LogP contribution in [-0.2, 0) is 24.5 Å². The Morgan fingerprint density at radius 3 is 2.00 bits per heavy atom. The lowest BCUT2D eigenvalue weighted by atomic mass is 9.77. The molecule has 3 aromatic carbocycles. The zero-order chi connectivity index (χ0) is 29.3. The Morgan fingerprint density at radius 2 is 1.45 bits per heavy atom. The average Bonchev–Trinajstić information content (AvgIpc) is 3.60. The van der Waals surface area contributed by atoms with Gasteiger partial charge in [-0.3, -0.25) is 4.57 Å². The van der Waals surface area contributed by atoms with Crippen molar-refractivity contribution in [3.8, 4) is 5.75 Å². The summed E-state index contributed by atoms with van der Waals surface area (Å²) in [5.41, 5.74) is 1.38. The summed E-state index contributed by atoms with van der Waals surface area (Å²) in [4.78, 5) is 18.0. The van der Waals surface area contributed by atoms with Crippen LogP contribution in [0, 0.1) is 0 Å². The molecule has 0 aliphatic carbocycles. The minimum atomic E-state index is -0.917. The van der Waals surface area contributed by atoms with Crippen LogP contribution in [0.25, 0.3) is 0 Å². The van der Waals surface area contributed by atoms with Crippen molar-refractivity contribution in [2.24, 2.45) is 0 Å². The van der Waals surface area contributed by atoms with Crippen molar-refractivity contribution in [2.75, 3.05) is 19.5 Å². The molecular formula is C32H33N3O7. The number of hydrogen-bond acceptors (Lipinski definition) is 9. The van der Waals surface area contributed by atoms with Crippen LogP contribution in [0.15, 0.2) is 102 Å². The van der Waals surface area contributed by atoms with Gasteiger partial charge in [-0.2, -0.15) is 4.98 Å². The third-order valence-corrected chi connectivity index (χ3v) is 7.79. The monoisotopic (exact) mass is 571 g/mol. The van der Waals surface area contributed by atoms with Gasteiger partial charge < -0.3 is 34.1 Å². The molecule has 0 bridgehead atoms. The molecule has 10 heteroatoms. The zero-order valence-electron chi connectivity index (χ0n) is 23.5. The van der Waals surface area contributed by atoms with Gasteiger partial charge in [-0.15, -0.1) is 0 Å². The smallest absolute Gasteiger partial charge is 0.351 e. The molecule has 2 saturated heterocycles. The van der Waals surface area contributed by atoms with E-state index in [1.165, 1.54) is 11.7 Å². The number of aliphatic hydroxyl groups excluding tert-OH is 1. The number of nitrogens with one attached hydrogen (secondary N) is 1. The molecule has 2 aliphatic heterocycles. The lowest BCUT2D eigenvalue weighted by molar-refractivity contribution is -0.260. The predicted octanol–water partition coefficient (Wildman–Crippen LogP) is 3.65. The Balaban J connectivity index is 1.42. The molecular weight excluding hydrogens is 538 g/mol. The summed E-state index contributed by atoms with van der Waals surface area (Å²) in [6.07, 6.45) is -2.08. The number of aliphatic hydroxyl groups is 1. The molecule has 0 saturated carbocycles. The normalized spacial score (nSPS) is 24.2. The summed E-state index contributed by atoms with van der Waals surface area (Å²) < 4.78 is 29.6. The van der Waals surface area contributed by atoms with Crippen LogP contribution in [-0.4, -0.2) is 59.8 Å². The van der Waals surface area contributed by atoms with Gasteiger partial charge in [0.2, 0.25) is 0 Å². The molecule has 1 unspecified atom stereocenters. The van der Waals surface area contributed by atoms with E-state index in [9.17, 15) is 9.90 Å². The number of ether oxygens (including phenoxy) is 5. The maximum atomic E-state index is 13.5. The summed E-state index contributed by atoms with van der Waals surface area (Å²) in [5, 5.41) is 13.9. The fourth-order valence-electron chi connectivity index (χ4n) is 5.78. The van der Waals surface area contributed by atoms with Crippen molar-refractivity contribution >= 4 is 5.82 Å². The second-order valence-corrected chi connectivity index (χ2v) is 10.3. The maximum absolute atomic E-state index is 13.5. The van der Waals surface area contributed by atoms with Gasteiger partial charge in [-0.1, -0.05) is 72.8 Å². The first-order chi connectivity index (χ1) is 20.4. The highest BCUT2D eigenvalue weighted by Gasteiger charge is 2.55. The maximum Gasteiger partial charge on any atom is 0.351 e. The predicted molar refractivity (Wildman–Crippen MR) is 154 cm³/mol. The standard InChI is InChI=1S/C32H33N3O7/c1-20(36)26-27-28(42-31(39-3)41-27)29(40-26)35-19-18-25(33-30(35)37)34-32(21-10-6-4-7-11-21,22-12-8-5-9-13-22)23-14-16-24(38-2)17-15-23/h4-20,26-29,31,36H,1-3H3,(H,33,34,37)/t20-,26-,27-,28-,29-,31?/m1/s1. The first-order valence-electron chi connectivity index (χ1n) is 13.7. The van der Waals surface area contributed by atoms with E-state index in [2.05, 4.69) is 10.3 Å². The van der Waals surface area contributed by atoms with Crippen LogP contribution in [0.3, 0.4) is 0 Å². The molecule has 4 aromatic rings. The van der Waals surface area contributed by atoms with E-state index < -0.39 is 48.3 Å². The number of anilines is 1. The van der Waals surface area contributed by atoms with Crippen LogP contribution in [0.5, 0.6) is 5.75 Å². The highest BCUT2D eigenvalue weighted by atomic mass is 16.9. The summed E-state index contributed by atoms with van der Waals surface area (Å²) >= 11 is 0. The lowest BCUT2D eigenvalue weighted by Gasteiger charge is -2.37. The fourth-order valence-corrected chi connectivity index (χ4v) is 5.78. The number of nitrogens with zero attached hydrogens (tertiary/aromatic N) is 2. The van der Waals surface area contributed by atoms with Crippen molar-refractivity contribution in [3.63, 3.8) is 0 Å². The van der Waals surface area contributed by atoms with E-state index in [1.807, 2.05) is 84.9 Å². The van der Waals surface area contributed by atoms with Gasteiger partial charge >= 0.3 is 5.69 Å². The van der Waals surface area contributed by atoms with E-state index in [4.69, 9.17) is 23.7 Å². The molecule has 10 nitrogen and oxygen atoms in total. The molecule has 6 rings (SSSR count). The van der Waals surface area contributed by atoms with Crippen molar-refractivity contribution in [1.82, 2.24) is 9.55 Å². The van der Waals surface area contributed by atoms with Crippen molar-refractivity contribution in [1.29, 1.82) is 0 Å². The van der Waals surface area contributed by atoms with Gasteiger partial charge in [0.15, 0.2) is 6.23 Å². The Labute approximate surface area is 243 Å². The van der Waals surface area contributed by atoms with E-state index in [0.29, 0.717) is 5.82 Å². The average molecular weight is 572 g/mol. The molecule has 3 heterocycles. The first kappa shape index (κ1) is 28.1. The van der Waals surface area contributed by atoms with Crippen molar-refractivity contribution in [2.45, 2.75) is 49.6 Å². The Morgan fingerprint density at radius 1 is 0.857 bits per heavy atom. The molecule has 0 radical (unpaired) electrons. The SMILES string of the molecule is COc1ccc(C(Nc2ccn([C@@H]3O[C@H]([C@@H](C)O)[C@H]4OC(OC)O[C@H]43)c(=O)n2)(c2ccccc2)c2ccccc2)cc1. The van der Waals surface area contributed by atoms with E-state index in [1.54, 1.807) is 26.3 Å². The molecule has 2 fully saturated rings. The molecule has 6 atom stereocenters. The largest absolute Gasteiger partial charge is 0.497 e. The Hall–Kier alpha value is -4.06. The quantitative estimate of drug-likeness (QED) is 0.291. The molecule has 0 amide bonds. The molecule has 1 aromatic heterocycles. The van der Waals surface area contributed by atoms with Crippen molar-refractivity contribution in [3.05, 3.63) is 124 Å². The molecule has 0 spiro atoms. The van der Waals surface area contributed by atoms with Crippen molar-refractivity contribution < 1.29 is 28.8 Å². The Kier molecular flexibility index (Phi) is 7.80. The number of fused-ring (bicyclic) bond motifs is 1. The second kappa shape index (κ2) is 11.7. The molecule has 2 aliphatic rings. The van der Waals surface area contributed by atoms with Crippen LogP contribution < -0.4 is 15.7 Å². The van der Waals surface area contributed by atoms with Gasteiger partial charge in [0.25, 0.3) is 6.48 Å². The number of rotatable bonds is 9. The van der Waals surface area contributed by atoms with Gasteiger partial charge in [-0.05, 0) is 41.8 Å². The number of aromatic nitrogens is 2. The number of benzene rings is 3. The third kappa shape index (κ3) is 4.97. The highest BCUT2D eigenvalue weighted by Crippen LogP contribution is 2.42. The highest BCUT2D eigenvalue weighted by molar-refractivity contribution is 5.58. The Bertz CT molecular complexity index is 1510. The summed E-state index contributed by atoms with van der Waals surface area (Å²) in [6.45, 7) is 0.687. The first-order valence-corrected chi connectivity index (χ1v) is 13.7. The minimum absolute atomic E-state index is 0.361. The molecule has 218 valence electrons. The van der Waals surface area contributed by atoms with Crippen LogP contribution in [0.2, 0.25) is 0 Å².